The average Bonchev–Trinajstić information content (AvgIpc) is 2.88. The number of hydrogen-bond acceptors (Lipinski definition) is 2. The molecule has 0 fully saturated rings. The Kier molecular flexibility index (Phi) is 5.15. The van der Waals surface area contributed by atoms with Gasteiger partial charge in [-0.25, -0.2) is 4.39 Å². The van der Waals surface area contributed by atoms with E-state index in [1.807, 2.05) is 24.0 Å². The van der Waals surface area contributed by atoms with Crippen LogP contribution in [0.5, 0.6) is 0 Å². The summed E-state index contributed by atoms with van der Waals surface area (Å²) in [6, 6.07) is 4.80. The standard InChI is InChI=1S/C15H19ClFN3/c1-3-7-20-10-12(9-19-20)15(18-4-2)11-5-6-14(17)13(16)8-11/h5-6,8-10,15,18H,3-4,7H2,1-2H3. The molecule has 0 aliphatic heterocycles. The Hall–Kier alpha value is -1.39. The van der Waals surface area contributed by atoms with Crippen molar-refractivity contribution >= 4 is 11.6 Å². The Bertz CT molecular complexity index is 568. The van der Waals surface area contributed by atoms with Crippen molar-refractivity contribution in [3.8, 4) is 0 Å². The number of hydrogen-bond donors (Lipinski definition) is 1. The van der Waals surface area contributed by atoms with Crippen LogP contribution in [0.3, 0.4) is 0 Å². The van der Waals surface area contributed by atoms with Crippen LogP contribution in [-0.4, -0.2) is 16.3 Å². The highest BCUT2D eigenvalue weighted by Gasteiger charge is 2.16. The van der Waals surface area contributed by atoms with Crippen molar-refractivity contribution in [2.45, 2.75) is 32.9 Å². The summed E-state index contributed by atoms with van der Waals surface area (Å²) in [5, 5.41) is 7.87. The molecule has 3 nitrogen and oxygen atoms in total. The van der Waals surface area contributed by atoms with Crippen LogP contribution in [0.15, 0.2) is 30.6 Å². The zero-order valence-corrected chi connectivity index (χ0v) is 12.5. The van der Waals surface area contributed by atoms with Crippen molar-refractivity contribution in [3.63, 3.8) is 0 Å². The minimum atomic E-state index is -0.396. The molecule has 1 unspecified atom stereocenters. The Morgan fingerprint density at radius 1 is 1.35 bits per heavy atom. The molecule has 2 aromatic rings. The lowest BCUT2D eigenvalue weighted by atomic mass is 10.0. The molecule has 0 aliphatic rings. The van der Waals surface area contributed by atoms with E-state index in [9.17, 15) is 4.39 Å². The molecule has 1 aromatic heterocycles. The van der Waals surface area contributed by atoms with Crippen molar-refractivity contribution in [2.75, 3.05) is 6.54 Å². The van der Waals surface area contributed by atoms with E-state index in [-0.39, 0.29) is 11.1 Å². The third kappa shape index (κ3) is 3.38. The Labute approximate surface area is 123 Å². The maximum absolute atomic E-state index is 13.3. The van der Waals surface area contributed by atoms with Gasteiger partial charge in [-0.2, -0.15) is 5.10 Å². The molecule has 0 aliphatic carbocycles. The molecule has 0 saturated heterocycles. The van der Waals surface area contributed by atoms with E-state index in [1.165, 1.54) is 6.07 Å². The molecule has 0 saturated carbocycles. The molecule has 0 spiro atoms. The van der Waals surface area contributed by atoms with Crippen LogP contribution >= 0.6 is 11.6 Å². The minimum Gasteiger partial charge on any atom is -0.306 e. The predicted molar refractivity (Wildman–Crippen MR) is 79.4 cm³/mol. The van der Waals surface area contributed by atoms with E-state index in [0.29, 0.717) is 0 Å². The van der Waals surface area contributed by atoms with Gasteiger partial charge >= 0.3 is 0 Å². The van der Waals surface area contributed by atoms with Crippen molar-refractivity contribution in [1.29, 1.82) is 0 Å². The van der Waals surface area contributed by atoms with E-state index in [4.69, 9.17) is 11.6 Å². The Morgan fingerprint density at radius 3 is 2.80 bits per heavy atom. The lowest BCUT2D eigenvalue weighted by molar-refractivity contribution is 0.596. The number of nitrogens with zero attached hydrogens (tertiary/aromatic N) is 2. The molecule has 5 heteroatoms. The summed E-state index contributed by atoms with van der Waals surface area (Å²) in [4.78, 5) is 0. The largest absolute Gasteiger partial charge is 0.306 e. The van der Waals surface area contributed by atoms with Gasteiger partial charge in [0, 0.05) is 18.3 Å². The highest BCUT2D eigenvalue weighted by molar-refractivity contribution is 6.30. The molecule has 0 amide bonds. The fraction of sp³-hybridized carbons (Fsp3) is 0.400. The highest BCUT2D eigenvalue weighted by Crippen LogP contribution is 2.25. The van der Waals surface area contributed by atoms with Crippen LogP contribution in [-0.2, 0) is 6.54 Å². The Balaban J connectivity index is 2.31. The molecule has 108 valence electrons. The number of nitrogens with one attached hydrogen (secondary N) is 1. The number of aryl methyl sites for hydroxylation is 1. The molecule has 20 heavy (non-hydrogen) atoms. The molecule has 0 radical (unpaired) electrons. The third-order valence-corrected chi connectivity index (χ3v) is 3.41. The first-order chi connectivity index (χ1) is 9.65. The first kappa shape index (κ1) is 15.0. The smallest absolute Gasteiger partial charge is 0.141 e. The first-order valence-electron chi connectivity index (χ1n) is 6.86. The van der Waals surface area contributed by atoms with Crippen molar-refractivity contribution in [2.24, 2.45) is 0 Å². The third-order valence-electron chi connectivity index (χ3n) is 3.12. The monoisotopic (exact) mass is 295 g/mol. The SMILES string of the molecule is CCCn1cc(C(NCC)c2ccc(F)c(Cl)c2)cn1. The second kappa shape index (κ2) is 6.86. The molecule has 1 N–H and O–H groups in total. The fourth-order valence-electron chi connectivity index (χ4n) is 2.20. The summed E-state index contributed by atoms with van der Waals surface area (Å²) in [5.41, 5.74) is 2.00. The summed E-state index contributed by atoms with van der Waals surface area (Å²) < 4.78 is 15.2. The number of benzene rings is 1. The van der Waals surface area contributed by atoms with Crippen LogP contribution in [0.1, 0.15) is 37.4 Å². The first-order valence-corrected chi connectivity index (χ1v) is 7.24. The quantitative estimate of drug-likeness (QED) is 0.879. The maximum atomic E-state index is 13.3. The summed E-state index contributed by atoms with van der Waals surface area (Å²) in [5.74, 6) is -0.396. The van der Waals surface area contributed by atoms with Crippen molar-refractivity contribution in [3.05, 3.63) is 52.6 Å². The summed E-state index contributed by atoms with van der Waals surface area (Å²) in [6.07, 6.45) is 4.91. The molecule has 1 heterocycles. The highest BCUT2D eigenvalue weighted by atomic mass is 35.5. The van der Waals surface area contributed by atoms with Gasteiger partial charge in [0.1, 0.15) is 5.82 Å². The minimum absolute atomic E-state index is 0.0243. The van der Waals surface area contributed by atoms with Gasteiger partial charge in [0.2, 0.25) is 0 Å². The van der Waals surface area contributed by atoms with Crippen molar-refractivity contribution in [1.82, 2.24) is 15.1 Å². The molecule has 1 aromatic carbocycles. The van der Waals surface area contributed by atoms with E-state index in [2.05, 4.69) is 17.3 Å². The molecular weight excluding hydrogens is 277 g/mol. The van der Waals surface area contributed by atoms with Crippen LogP contribution < -0.4 is 5.32 Å². The van der Waals surface area contributed by atoms with E-state index in [1.54, 1.807) is 12.1 Å². The summed E-state index contributed by atoms with van der Waals surface area (Å²) in [6.45, 7) is 5.85. The molecule has 2 rings (SSSR count). The van der Waals surface area contributed by atoms with E-state index >= 15 is 0 Å². The second-order valence-corrected chi connectivity index (χ2v) is 5.11. The molecular formula is C15H19ClFN3. The maximum Gasteiger partial charge on any atom is 0.141 e. The fourth-order valence-corrected chi connectivity index (χ4v) is 2.39. The number of rotatable bonds is 6. The normalized spacial score (nSPS) is 12.6. The lowest BCUT2D eigenvalue weighted by Crippen LogP contribution is -2.21. The predicted octanol–water partition coefficient (Wildman–Crippen LogP) is 3.78. The molecule has 0 bridgehead atoms. The van der Waals surface area contributed by atoms with Gasteiger partial charge < -0.3 is 5.32 Å². The van der Waals surface area contributed by atoms with Crippen LogP contribution in [0.25, 0.3) is 0 Å². The van der Waals surface area contributed by atoms with Crippen LogP contribution in [0.2, 0.25) is 5.02 Å². The zero-order valence-electron chi connectivity index (χ0n) is 11.7. The number of halogens is 2. The van der Waals surface area contributed by atoms with Crippen LogP contribution in [0, 0.1) is 5.82 Å². The van der Waals surface area contributed by atoms with Gasteiger partial charge in [-0.05, 0) is 30.7 Å². The van der Waals surface area contributed by atoms with Gasteiger partial charge in [-0.15, -0.1) is 0 Å². The topological polar surface area (TPSA) is 29.9 Å². The lowest BCUT2D eigenvalue weighted by Gasteiger charge is -2.17. The average molecular weight is 296 g/mol. The second-order valence-electron chi connectivity index (χ2n) is 4.70. The van der Waals surface area contributed by atoms with Crippen LogP contribution in [0.4, 0.5) is 4.39 Å². The van der Waals surface area contributed by atoms with E-state index < -0.39 is 5.82 Å². The van der Waals surface area contributed by atoms with Crippen molar-refractivity contribution < 1.29 is 4.39 Å². The summed E-state index contributed by atoms with van der Waals surface area (Å²) >= 11 is 5.88. The Morgan fingerprint density at radius 2 is 2.15 bits per heavy atom. The van der Waals surface area contributed by atoms with Gasteiger partial charge in [0.05, 0.1) is 17.3 Å². The number of aromatic nitrogens is 2. The van der Waals surface area contributed by atoms with Gasteiger partial charge in [-0.1, -0.05) is 31.5 Å². The van der Waals surface area contributed by atoms with Gasteiger partial charge in [-0.3, -0.25) is 4.68 Å². The molecule has 1 atom stereocenters. The van der Waals surface area contributed by atoms with Gasteiger partial charge in [0.25, 0.3) is 0 Å². The van der Waals surface area contributed by atoms with Gasteiger partial charge in [0.15, 0.2) is 0 Å². The summed E-state index contributed by atoms with van der Waals surface area (Å²) in [7, 11) is 0. The van der Waals surface area contributed by atoms with E-state index in [0.717, 1.165) is 30.6 Å². The zero-order chi connectivity index (χ0) is 14.5.